The number of amides is 3. The molecule has 0 aliphatic carbocycles. The number of hydrogen-bond acceptors (Lipinski definition) is 5. The first kappa shape index (κ1) is 21.5. The lowest BCUT2D eigenvalue weighted by atomic mass is 9.94. The molecule has 2 aromatic rings. The number of piperidine rings is 1. The van der Waals surface area contributed by atoms with Crippen LogP contribution in [0.4, 0.5) is 0 Å². The Bertz CT molecular complexity index is 1170. The number of carbonyl (C=O) groups is 4. The van der Waals surface area contributed by atoms with Gasteiger partial charge in [0.05, 0.1) is 0 Å². The van der Waals surface area contributed by atoms with Gasteiger partial charge in [-0.25, -0.2) is 0 Å². The van der Waals surface area contributed by atoms with Crippen molar-refractivity contribution in [3.05, 3.63) is 69.8 Å². The van der Waals surface area contributed by atoms with Gasteiger partial charge in [0.1, 0.15) is 6.04 Å². The van der Waals surface area contributed by atoms with Crippen molar-refractivity contribution in [1.29, 1.82) is 0 Å². The molecule has 1 saturated heterocycles. The van der Waals surface area contributed by atoms with E-state index in [0.29, 0.717) is 31.4 Å². The van der Waals surface area contributed by atoms with Gasteiger partial charge in [-0.05, 0) is 60.7 Å². The zero-order valence-electron chi connectivity index (χ0n) is 18.7. The highest BCUT2D eigenvalue weighted by Gasteiger charge is 2.39. The summed E-state index contributed by atoms with van der Waals surface area (Å²) in [6, 6.07) is 11.1. The summed E-state index contributed by atoms with van der Waals surface area (Å²) in [6.07, 6.45) is 2.60. The number of benzene rings is 2. The molecule has 3 amide bonds. The number of hydrogen-bond donors (Lipinski definition) is 1. The Morgan fingerprint density at radius 3 is 2.67 bits per heavy atom. The molecule has 7 nitrogen and oxygen atoms in total. The van der Waals surface area contributed by atoms with Gasteiger partial charge >= 0.3 is 0 Å². The standard InChI is InChI=1S/C26H27N3O4/c1-28-11-10-17-4-5-18(13-19(17)14-28)23(30)8-3-16-2-6-21-20(12-16)15-29(26(21)33)22-7-9-24(31)27-25(22)32/h2,4-6,12-13,22H,3,7-11,14-15H2,1H3,(H,27,31,32). The van der Waals surface area contributed by atoms with Crippen LogP contribution in [0.15, 0.2) is 36.4 Å². The number of Topliss-reactive ketones (excluding diaryl/α,β-unsaturated/α-hetero) is 1. The van der Waals surface area contributed by atoms with E-state index in [1.165, 1.54) is 11.1 Å². The molecule has 0 aromatic heterocycles. The van der Waals surface area contributed by atoms with Crippen LogP contribution in [0.2, 0.25) is 0 Å². The van der Waals surface area contributed by atoms with E-state index in [1.54, 1.807) is 11.0 Å². The highest BCUT2D eigenvalue weighted by Crippen LogP contribution is 2.29. The highest BCUT2D eigenvalue weighted by molar-refractivity contribution is 6.05. The van der Waals surface area contributed by atoms with Crippen LogP contribution < -0.4 is 5.32 Å². The van der Waals surface area contributed by atoms with E-state index in [4.69, 9.17) is 0 Å². The first-order chi connectivity index (χ1) is 15.9. The quantitative estimate of drug-likeness (QED) is 0.564. The van der Waals surface area contributed by atoms with E-state index in [2.05, 4.69) is 23.3 Å². The monoisotopic (exact) mass is 445 g/mol. The molecule has 1 fully saturated rings. The van der Waals surface area contributed by atoms with E-state index in [0.717, 1.165) is 36.2 Å². The minimum absolute atomic E-state index is 0.118. The second-order valence-corrected chi connectivity index (χ2v) is 9.29. The fraction of sp³-hybridized carbons (Fsp3) is 0.385. The molecule has 2 aromatic carbocycles. The molecule has 5 rings (SSSR count). The van der Waals surface area contributed by atoms with Crippen LogP contribution in [0.25, 0.3) is 0 Å². The Morgan fingerprint density at radius 2 is 1.85 bits per heavy atom. The topological polar surface area (TPSA) is 86.8 Å². The Labute approximate surface area is 192 Å². The fourth-order valence-electron chi connectivity index (χ4n) is 5.06. The molecule has 0 spiro atoms. The maximum atomic E-state index is 12.8. The SMILES string of the molecule is CN1CCc2ccc(C(=O)CCc3ccc4c(c3)CN(C3CCC(=O)NC3=O)C4=O)cc2C1. The summed E-state index contributed by atoms with van der Waals surface area (Å²) in [4.78, 5) is 53.1. The Kier molecular flexibility index (Phi) is 5.58. The van der Waals surface area contributed by atoms with E-state index in [1.807, 2.05) is 24.3 Å². The first-order valence-corrected chi connectivity index (χ1v) is 11.5. The summed E-state index contributed by atoms with van der Waals surface area (Å²) in [5, 5.41) is 2.32. The number of aryl methyl sites for hydroxylation is 1. The number of fused-ring (bicyclic) bond motifs is 2. The third-order valence-electron chi connectivity index (χ3n) is 6.96. The number of carbonyl (C=O) groups excluding carboxylic acids is 4. The van der Waals surface area contributed by atoms with Crippen molar-refractivity contribution in [3.8, 4) is 0 Å². The van der Waals surface area contributed by atoms with Gasteiger partial charge in [0.25, 0.3) is 5.91 Å². The van der Waals surface area contributed by atoms with Crippen LogP contribution in [0, 0.1) is 0 Å². The molecular formula is C26H27N3O4. The third kappa shape index (κ3) is 4.20. The molecule has 0 bridgehead atoms. The van der Waals surface area contributed by atoms with Gasteiger partial charge in [-0.3, -0.25) is 24.5 Å². The van der Waals surface area contributed by atoms with Gasteiger partial charge in [0, 0.05) is 43.6 Å². The number of nitrogens with one attached hydrogen (secondary N) is 1. The van der Waals surface area contributed by atoms with Crippen LogP contribution in [-0.4, -0.2) is 52.9 Å². The van der Waals surface area contributed by atoms with Crippen LogP contribution in [0.1, 0.15) is 62.2 Å². The van der Waals surface area contributed by atoms with Crippen molar-refractivity contribution >= 4 is 23.5 Å². The molecule has 0 radical (unpaired) electrons. The van der Waals surface area contributed by atoms with Crippen LogP contribution in [-0.2, 0) is 35.5 Å². The minimum atomic E-state index is -0.615. The predicted molar refractivity (Wildman–Crippen MR) is 122 cm³/mol. The molecule has 33 heavy (non-hydrogen) atoms. The first-order valence-electron chi connectivity index (χ1n) is 11.5. The molecule has 0 saturated carbocycles. The lowest BCUT2D eigenvalue weighted by molar-refractivity contribution is -0.136. The number of imide groups is 1. The average molecular weight is 446 g/mol. The van der Waals surface area contributed by atoms with Gasteiger partial charge in [0.15, 0.2) is 5.78 Å². The highest BCUT2D eigenvalue weighted by atomic mass is 16.2. The van der Waals surface area contributed by atoms with Crippen molar-refractivity contribution in [2.75, 3.05) is 13.6 Å². The smallest absolute Gasteiger partial charge is 0.255 e. The summed E-state index contributed by atoms with van der Waals surface area (Å²) < 4.78 is 0. The number of likely N-dealkylation sites (N-methyl/N-ethyl adjacent to an activating group) is 1. The minimum Gasteiger partial charge on any atom is -0.322 e. The van der Waals surface area contributed by atoms with Gasteiger partial charge in [0.2, 0.25) is 11.8 Å². The lowest BCUT2D eigenvalue weighted by Gasteiger charge is -2.29. The lowest BCUT2D eigenvalue weighted by Crippen LogP contribution is -2.52. The van der Waals surface area contributed by atoms with E-state index < -0.39 is 11.9 Å². The zero-order valence-corrected chi connectivity index (χ0v) is 18.7. The average Bonchev–Trinajstić information content (AvgIpc) is 3.12. The molecule has 1 N–H and O–H groups in total. The van der Waals surface area contributed by atoms with Crippen molar-refractivity contribution in [3.63, 3.8) is 0 Å². The maximum Gasteiger partial charge on any atom is 0.255 e. The van der Waals surface area contributed by atoms with Crippen LogP contribution >= 0.6 is 0 Å². The summed E-state index contributed by atoms with van der Waals surface area (Å²) in [5.41, 5.74) is 5.77. The molecule has 3 aliphatic rings. The predicted octanol–water partition coefficient (Wildman–Crippen LogP) is 2.25. The second kappa shape index (κ2) is 8.56. The number of ketones is 1. The van der Waals surface area contributed by atoms with Gasteiger partial charge in [-0.2, -0.15) is 0 Å². The summed E-state index contributed by atoms with van der Waals surface area (Å²) in [7, 11) is 2.09. The largest absolute Gasteiger partial charge is 0.322 e. The Hall–Kier alpha value is -3.32. The molecule has 170 valence electrons. The fourth-order valence-corrected chi connectivity index (χ4v) is 5.06. The number of rotatable bonds is 5. The Morgan fingerprint density at radius 1 is 1.00 bits per heavy atom. The van der Waals surface area contributed by atoms with Gasteiger partial charge < -0.3 is 9.80 Å². The van der Waals surface area contributed by atoms with Crippen molar-refractivity contribution in [1.82, 2.24) is 15.1 Å². The zero-order chi connectivity index (χ0) is 23.1. The summed E-state index contributed by atoms with van der Waals surface area (Å²) in [5.74, 6) is -0.762. The van der Waals surface area contributed by atoms with Crippen molar-refractivity contribution in [2.24, 2.45) is 0 Å². The van der Waals surface area contributed by atoms with Gasteiger partial charge in [-0.15, -0.1) is 0 Å². The van der Waals surface area contributed by atoms with E-state index in [9.17, 15) is 19.2 Å². The molecule has 1 atom stereocenters. The third-order valence-corrected chi connectivity index (χ3v) is 6.96. The maximum absolute atomic E-state index is 12.8. The van der Waals surface area contributed by atoms with Crippen molar-refractivity contribution in [2.45, 2.75) is 51.2 Å². The van der Waals surface area contributed by atoms with E-state index in [-0.39, 0.29) is 24.0 Å². The van der Waals surface area contributed by atoms with Gasteiger partial charge in [-0.1, -0.05) is 24.3 Å². The number of nitrogens with zero attached hydrogens (tertiary/aromatic N) is 2. The molecule has 7 heteroatoms. The molecular weight excluding hydrogens is 418 g/mol. The molecule has 3 heterocycles. The van der Waals surface area contributed by atoms with Crippen molar-refractivity contribution < 1.29 is 19.2 Å². The molecule has 3 aliphatic heterocycles. The second-order valence-electron chi connectivity index (χ2n) is 9.29. The van der Waals surface area contributed by atoms with Crippen LogP contribution in [0.3, 0.4) is 0 Å². The molecule has 1 unspecified atom stereocenters. The summed E-state index contributed by atoms with van der Waals surface area (Å²) in [6.45, 7) is 2.27. The van der Waals surface area contributed by atoms with E-state index >= 15 is 0 Å². The normalized spacial score (nSPS) is 20.5. The van der Waals surface area contributed by atoms with Crippen LogP contribution in [0.5, 0.6) is 0 Å². The Balaban J connectivity index is 1.25. The summed E-state index contributed by atoms with van der Waals surface area (Å²) >= 11 is 0.